The van der Waals surface area contributed by atoms with Gasteiger partial charge < -0.3 is 4.12 Å². The second-order valence-electron chi connectivity index (χ2n) is 4.44. The predicted molar refractivity (Wildman–Crippen MR) is 79.8 cm³/mol. The van der Waals surface area contributed by atoms with E-state index in [0.717, 1.165) is 10.5 Å². The molecule has 0 aromatic heterocycles. The molecule has 0 radical (unpaired) electrons. The zero-order valence-corrected chi connectivity index (χ0v) is 13.8. The van der Waals surface area contributed by atoms with E-state index in [1.54, 1.807) is 0 Å². The molecule has 0 saturated heterocycles. The average Bonchev–Trinajstić information content (AvgIpc) is 2.35. The molecule has 88 valence electrons. The molecule has 0 saturated carbocycles. The Labute approximate surface area is 108 Å². The largest absolute Gasteiger partial charge is 0.459 e. The molecule has 0 amide bonds. The fourth-order valence-corrected chi connectivity index (χ4v) is 5.59. The van der Waals surface area contributed by atoms with Gasteiger partial charge in [-0.1, -0.05) is 59.7 Å². The minimum absolute atomic E-state index is 0.800. The third-order valence-electron chi connectivity index (χ3n) is 3.00. The molecule has 2 rings (SSSR count). The van der Waals surface area contributed by atoms with Crippen LogP contribution in [-0.2, 0) is 4.12 Å². The summed E-state index contributed by atoms with van der Waals surface area (Å²) in [4.78, 5) is 0. The molecule has 17 heavy (non-hydrogen) atoms. The summed E-state index contributed by atoms with van der Waals surface area (Å²) in [5, 5.41) is 2.74. The van der Waals surface area contributed by atoms with Crippen LogP contribution >= 0.6 is 0 Å². The molecule has 0 spiro atoms. The van der Waals surface area contributed by atoms with E-state index in [4.69, 9.17) is 4.12 Å². The van der Waals surface area contributed by atoms with Crippen molar-refractivity contribution >= 4 is 29.9 Å². The van der Waals surface area contributed by atoms with Crippen molar-refractivity contribution in [3.05, 3.63) is 59.7 Å². The van der Waals surface area contributed by atoms with Crippen LogP contribution in [0.4, 0.5) is 0 Å². The highest BCUT2D eigenvalue weighted by Crippen LogP contribution is 1.99. The Balaban J connectivity index is 2.33. The van der Waals surface area contributed by atoms with Crippen molar-refractivity contribution in [1.82, 2.24) is 0 Å². The first-order valence-electron chi connectivity index (χ1n) is 5.86. The number of benzene rings is 2. The van der Waals surface area contributed by atoms with Crippen molar-refractivity contribution in [1.29, 1.82) is 0 Å². The van der Waals surface area contributed by atoms with Gasteiger partial charge in [0.25, 0.3) is 0 Å². The fourth-order valence-electron chi connectivity index (χ4n) is 1.95. The Morgan fingerprint density at radius 3 is 1.41 bits per heavy atom. The molecule has 0 aliphatic rings. The summed E-state index contributed by atoms with van der Waals surface area (Å²) < 4.78 is 5.88. The van der Waals surface area contributed by atoms with E-state index in [0.29, 0.717) is 0 Å². The SMILES string of the molecule is Cc1ccc([SiH](O[SiH3])c2ccc(C)cc2)cc1. The van der Waals surface area contributed by atoms with E-state index < -0.39 is 9.04 Å². The Morgan fingerprint density at radius 2 is 1.12 bits per heavy atom. The quantitative estimate of drug-likeness (QED) is 0.726. The summed E-state index contributed by atoms with van der Waals surface area (Å²) in [5.41, 5.74) is 2.61. The van der Waals surface area contributed by atoms with E-state index in [2.05, 4.69) is 62.4 Å². The summed E-state index contributed by atoms with van der Waals surface area (Å²) in [7, 11) is -0.609. The molecule has 0 atom stereocenters. The van der Waals surface area contributed by atoms with Gasteiger partial charge in [-0.15, -0.1) is 0 Å². The Morgan fingerprint density at radius 1 is 0.765 bits per heavy atom. The van der Waals surface area contributed by atoms with Gasteiger partial charge in [-0.05, 0) is 24.2 Å². The minimum Gasteiger partial charge on any atom is -0.459 e. The highest BCUT2D eigenvalue weighted by atomic mass is 28.3. The lowest BCUT2D eigenvalue weighted by atomic mass is 10.2. The molecular formula is C14H18OSi2. The van der Waals surface area contributed by atoms with Crippen molar-refractivity contribution in [3.8, 4) is 0 Å². The van der Waals surface area contributed by atoms with Gasteiger partial charge in [0.05, 0.1) is 0 Å². The molecule has 0 aliphatic heterocycles. The molecular weight excluding hydrogens is 240 g/mol. The lowest BCUT2D eigenvalue weighted by Crippen LogP contribution is -2.44. The first kappa shape index (κ1) is 12.3. The van der Waals surface area contributed by atoms with E-state index >= 15 is 0 Å². The van der Waals surface area contributed by atoms with Crippen molar-refractivity contribution in [2.45, 2.75) is 13.8 Å². The average molecular weight is 258 g/mol. The molecule has 0 unspecified atom stereocenters. The van der Waals surface area contributed by atoms with Gasteiger partial charge in [0.15, 0.2) is 0 Å². The molecule has 1 nitrogen and oxygen atoms in total. The topological polar surface area (TPSA) is 9.23 Å². The maximum atomic E-state index is 5.88. The van der Waals surface area contributed by atoms with Crippen LogP contribution in [0.3, 0.4) is 0 Å². The smallest absolute Gasteiger partial charge is 0.227 e. The van der Waals surface area contributed by atoms with E-state index in [-0.39, 0.29) is 0 Å². The maximum Gasteiger partial charge on any atom is 0.227 e. The highest BCUT2D eigenvalue weighted by molar-refractivity contribution is 6.81. The van der Waals surface area contributed by atoms with Gasteiger partial charge >= 0.3 is 0 Å². The Bertz CT molecular complexity index is 431. The van der Waals surface area contributed by atoms with Gasteiger partial charge in [0.2, 0.25) is 9.04 Å². The second-order valence-corrected chi connectivity index (χ2v) is 8.42. The molecule has 0 bridgehead atoms. The van der Waals surface area contributed by atoms with E-state index in [1.807, 2.05) is 0 Å². The number of hydrogen-bond acceptors (Lipinski definition) is 1. The molecule has 0 aliphatic carbocycles. The van der Waals surface area contributed by atoms with Crippen LogP contribution in [0.2, 0.25) is 0 Å². The molecule has 2 aromatic rings. The third kappa shape index (κ3) is 2.94. The molecule has 0 fully saturated rings. The van der Waals surface area contributed by atoms with Crippen molar-refractivity contribution < 1.29 is 4.12 Å². The van der Waals surface area contributed by atoms with Crippen LogP contribution in [0.5, 0.6) is 0 Å². The monoisotopic (exact) mass is 258 g/mol. The predicted octanol–water partition coefficient (Wildman–Crippen LogP) is 0.438. The Kier molecular flexibility index (Phi) is 3.94. The van der Waals surface area contributed by atoms with E-state index in [9.17, 15) is 0 Å². The molecule has 0 N–H and O–H groups in total. The van der Waals surface area contributed by atoms with Crippen LogP contribution in [-0.4, -0.2) is 19.5 Å². The van der Waals surface area contributed by atoms with Gasteiger partial charge in [-0.2, -0.15) is 0 Å². The lowest BCUT2D eigenvalue weighted by molar-refractivity contribution is 0.661. The lowest BCUT2D eigenvalue weighted by Gasteiger charge is -2.15. The number of hydrogen-bond donors (Lipinski definition) is 0. The number of aryl methyl sites for hydroxylation is 2. The summed E-state index contributed by atoms with van der Waals surface area (Å²) in [6.45, 7) is 4.24. The normalized spacial score (nSPS) is 11.0. The highest BCUT2D eigenvalue weighted by Gasteiger charge is 2.14. The summed E-state index contributed by atoms with van der Waals surface area (Å²) in [6.07, 6.45) is 0. The van der Waals surface area contributed by atoms with Gasteiger partial charge in [-0.25, -0.2) is 0 Å². The summed E-state index contributed by atoms with van der Waals surface area (Å²) in [6, 6.07) is 17.5. The minimum atomic E-state index is -1.41. The third-order valence-corrected chi connectivity index (χ3v) is 6.86. The van der Waals surface area contributed by atoms with Crippen LogP contribution in [0.25, 0.3) is 0 Å². The summed E-state index contributed by atoms with van der Waals surface area (Å²) in [5.74, 6) is 0. The van der Waals surface area contributed by atoms with Crippen LogP contribution in [0, 0.1) is 13.8 Å². The van der Waals surface area contributed by atoms with Gasteiger partial charge in [0, 0.05) is 0 Å². The molecule has 3 heteroatoms. The van der Waals surface area contributed by atoms with Crippen molar-refractivity contribution in [3.63, 3.8) is 0 Å². The standard InChI is InChI=1S/C14H18OSi2/c1-11-3-7-13(8-4-11)17(15-16)14-9-5-12(2)6-10-14/h3-10,17H,1-2,16H3. The van der Waals surface area contributed by atoms with E-state index in [1.165, 1.54) is 21.5 Å². The van der Waals surface area contributed by atoms with Crippen LogP contribution in [0.1, 0.15) is 11.1 Å². The van der Waals surface area contributed by atoms with Gasteiger partial charge in [0.1, 0.15) is 10.5 Å². The maximum absolute atomic E-state index is 5.88. The first-order valence-corrected chi connectivity index (χ1v) is 8.31. The van der Waals surface area contributed by atoms with Crippen molar-refractivity contribution in [2.75, 3.05) is 0 Å². The molecule has 0 heterocycles. The second kappa shape index (κ2) is 5.44. The Hall–Kier alpha value is -1.17. The van der Waals surface area contributed by atoms with Crippen LogP contribution < -0.4 is 10.4 Å². The van der Waals surface area contributed by atoms with Crippen LogP contribution in [0.15, 0.2) is 48.5 Å². The fraction of sp³-hybridized carbons (Fsp3) is 0.143. The molecule has 2 aromatic carbocycles. The zero-order chi connectivity index (χ0) is 12.3. The first-order chi connectivity index (χ1) is 8.20. The zero-order valence-electron chi connectivity index (χ0n) is 10.6. The van der Waals surface area contributed by atoms with Crippen molar-refractivity contribution in [2.24, 2.45) is 0 Å². The number of rotatable bonds is 3. The van der Waals surface area contributed by atoms with Gasteiger partial charge in [-0.3, -0.25) is 0 Å². The summed E-state index contributed by atoms with van der Waals surface area (Å²) >= 11 is 0.